The van der Waals surface area contributed by atoms with Crippen LogP contribution in [0.3, 0.4) is 0 Å². The minimum Gasteiger partial charge on any atom is -0.338 e. The van der Waals surface area contributed by atoms with Crippen molar-refractivity contribution in [3.05, 3.63) is 15.6 Å². The van der Waals surface area contributed by atoms with Crippen LogP contribution in [0.1, 0.15) is 71.7 Å². The minimum atomic E-state index is 0. The van der Waals surface area contributed by atoms with Gasteiger partial charge in [0.15, 0.2) is 0 Å². The van der Waals surface area contributed by atoms with Gasteiger partial charge in [-0.25, -0.2) is 4.98 Å². The molecule has 25 heavy (non-hydrogen) atoms. The fourth-order valence-electron chi connectivity index (χ4n) is 3.80. The zero-order valence-corrected chi connectivity index (χ0v) is 17.7. The molecule has 1 N–H and O–H groups in total. The molecule has 0 radical (unpaired) electrons. The summed E-state index contributed by atoms with van der Waals surface area (Å²) >= 11 is 1.66. The number of aromatic nitrogens is 1. The first-order valence-corrected chi connectivity index (χ1v) is 9.98. The molecule has 1 saturated carbocycles. The van der Waals surface area contributed by atoms with Crippen molar-refractivity contribution in [3.63, 3.8) is 0 Å². The second-order valence-electron chi connectivity index (χ2n) is 6.99. The van der Waals surface area contributed by atoms with Crippen LogP contribution in [0.4, 0.5) is 0 Å². The van der Waals surface area contributed by atoms with Crippen LogP contribution in [0.15, 0.2) is 0 Å². The summed E-state index contributed by atoms with van der Waals surface area (Å²) in [4.78, 5) is 20.5. The van der Waals surface area contributed by atoms with Gasteiger partial charge in [-0.15, -0.1) is 36.2 Å². The molecule has 0 spiro atoms. The molecule has 1 aliphatic carbocycles. The van der Waals surface area contributed by atoms with Crippen molar-refractivity contribution in [1.29, 1.82) is 0 Å². The van der Waals surface area contributed by atoms with E-state index >= 15 is 0 Å². The third-order valence-corrected chi connectivity index (χ3v) is 6.60. The Bertz CT molecular complexity index is 538. The number of carbonyl (C=O) groups is 1. The number of hydrogen-bond acceptors (Lipinski definition) is 4. The summed E-state index contributed by atoms with van der Waals surface area (Å²) in [6.07, 6.45) is 7.35. The highest BCUT2D eigenvalue weighted by Gasteiger charge is 2.28. The SMILES string of the molecule is CCNCC1CCN(C(=O)c2sc(C3CCCC3)nc2C)CC1.Cl.Cl. The van der Waals surface area contributed by atoms with E-state index in [0.29, 0.717) is 5.92 Å². The van der Waals surface area contributed by atoms with Crippen LogP contribution in [-0.2, 0) is 0 Å². The Hall–Kier alpha value is -0.360. The average Bonchev–Trinajstić information content (AvgIpc) is 3.22. The normalized spacial score (nSPS) is 18.7. The van der Waals surface area contributed by atoms with Gasteiger partial charge in [0.2, 0.25) is 0 Å². The zero-order chi connectivity index (χ0) is 16.2. The van der Waals surface area contributed by atoms with Crippen LogP contribution in [0, 0.1) is 12.8 Å². The zero-order valence-electron chi connectivity index (χ0n) is 15.3. The largest absolute Gasteiger partial charge is 0.338 e. The third-order valence-electron chi connectivity index (χ3n) is 5.30. The quantitative estimate of drug-likeness (QED) is 0.785. The second-order valence-corrected chi connectivity index (χ2v) is 8.02. The maximum atomic E-state index is 12.9. The Morgan fingerprint density at radius 3 is 2.44 bits per heavy atom. The lowest BCUT2D eigenvalue weighted by Crippen LogP contribution is -2.40. The molecule has 144 valence electrons. The van der Waals surface area contributed by atoms with Gasteiger partial charge < -0.3 is 10.2 Å². The lowest BCUT2D eigenvalue weighted by atomic mass is 9.96. The monoisotopic (exact) mass is 407 g/mol. The van der Waals surface area contributed by atoms with Crippen LogP contribution in [0.2, 0.25) is 0 Å². The molecule has 2 heterocycles. The molecule has 0 atom stereocenters. The molecule has 0 unspecified atom stereocenters. The summed E-state index contributed by atoms with van der Waals surface area (Å²) in [7, 11) is 0. The van der Waals surface area contributed by atoms with E-state index in [1.807, 2.05) is 11.8 Å². The number of aryl methyl sites for hydroxylation is 1. The summed E-state index contributed by atoms with van der Waals surface area (Å²) in [5.74, 6) is 1.54. The number of piperidine rings is 1. The Balaban J connectivity index is 0.00000156. The average molecular weight is 408 g/mol. The number of thiazole rings is 1. The van der Waals surface area contributed by atoms with Crippen molar-refractivity contribution in [1.82, 2.24) is 15.2 Å². The number of nitrogens with zero attached hydrogens (tertiary/aromatic N) is 2. The van der Waals surface area contributed by atoms with Gasteiger partial charge in [0, 0.05) is 19.0 Å². The van der Waals surface area contributed by atoms with E-state index in [4.69, 9.17) is 4.98 Å². The van der Waals surface area contributed by atoms with Crippen molar-refractivity contribution < 1.29 is 4.79 Å². The van der Waals surface area contributed by atoms with Gasteiger partial charge in [0.05, 0.1) is 10.7 Å². The maximum Gasteiger partial charge on any atom is 0.265 e. The molecule has 7 heteroatoms. The highest BCUT2D eigenvalue weighted by atomic mass is 35.5. The molecular weight excluding hydrogens is 377 g/mol. The van der Waals surface area contributed by atoms with Crippen molar-refractivity contribution in [2.75, 3.05) is 26.2 Å². The van der Waals surface area contributed by atoms with E-state index in [-0.39, 0.29) is 30.7 Å². The number of carbonyl (C=O) groups excluding carboxylic acids is 1. The van der Waals surface area contributed by atoms with E-state index in [0.717, 1.165) is 55.5 Å². The summed E-state index contributed by atoms with van der Waals surface area (Å²) < 4.78 is 0. The van der Waals surface area contributed by atoms with Crippen LogP contribution >= 0.6 is 36.2 Å². The fraction of sp³-hybridized carbons (Fsp3) is 0.778. The number of amides is 1. The molecule has 0 aromatic carbocycles. The first kappa shape index (κ1) is 22.7. The third kappa shape index (κ3) is 5.56. The molecule has 1 amide bonds. The smallest absolute Gasteiger partial charge is 0.265 e. The Morgan fingerprint density at radius 1 is 1.20 bits per heavy atom. The lowest BCUT2D eigenvalue weighted by Gasteiger charge is -2.31. The molecule has 4 nitrogen and oxygen atoms in total. The Labute approximate surface area is 168 Å². The van der Waals surface area contributed by atoms with E-state index < -0.39 is 0 Å². The Morgan fingerprint density at radius 2 is 1.84 bits per heavy atom. The van der Waals surface area contributed by atoms with Gasteiger partial charge in [-0.3, -0.25) is 4.79 Å². The topological polar surface area (TPSA) is 45.2 Å². The molecular formula is C18H31Cl2N3OS. The predicted molar refractivity (Wildman–Crippen MR) is 110 cm³/mol. The first-order chi connectivity index (χ1) is 11.2. The predicted octanol–water partition coefficient (Wildman–Crippen LogP) is 4.41. The molecule has 1 aromatic heterocycles. The fourth-order valence-corrected chi connectivity index (χ4v) is 5.00. The van der Waals surface area contributed by atoms with Crippen molar-refractivity contribution in [2.45, 2.75) is 58.3 Å². The van der Waals surface area contributed by atoms with E-state index in [2.05, 4.69) is 12.2 Å². The summed E-state index contributed by atoms with van der Waals surface area (Å²) in [5, 5.41) is 4.63. The summed E-state index contributed by atoms with van der Waals surface area (Å²) in [6, 6.07) is 0. The van der Waals surface area contributed by atoms with E-state index in [1.54, 1.807) is 11.3 Å². The van der Waals surface area contributed by atoms with Gasteiger partial charge in [-0.2, -0.15) is 0 Å². The van der Waals surface area contributed by atoms with Crippen LogP contribution in [0.5, 0.6) is 0 Å². The van der Waals surface area contributed by atoms with Crippen molar-refractivity contribution in [3.8, 4) is 0 Å². The van der Waals surface area contributed by atoms with Crippen molar-refractivity contribution in [2.24, 2.45) is 5.92 Å². The van der Waals surface area contributed by atoms with Crippen LogP contribution < -0.4 is 5.32 Å². The van der Waals surface area contributed by atoms with E-state index in [1.165, 1.54) is 30.7 Å². The van der Waals surface area contributed by atoms with Gasteiger partial charge in [0.25, 0.3) is 5.91 Å². The van der Waals surface area contributed by atoms with Gasteiger partial charge >= 0.3 is 0 Å². The maximum absolute atomic E-state index is 12.9. The highest BCUT2D eigenvalue weighted by Crippen LogP contribution is 2.37. The highest BCUT2D eigenvalue weighted by molar-refractivity contribution is 7.13. The summed E-state index contributed by atoms with van der Waals surface area (Å²) in [5.41, 5.74) is 0.941. The molecule has 0 bridgehead atoms. The molecule has 1 aliphatic heterocycles. The van der Waals surface area contributed by atoms with E-state index in [9.17, 15) is 4.79 Å². The number of halogens is 2. The Kier molecular flexibility index (Phi) is 9.71. The lowest BCUT2D eigenvalue weighted by molar-refractivity contribution is 0.0694. The minimum absolute atomic E-state index is 0. The number of hydrogen-bond donors (Lipinski definition) is 1. The standard InChI is InChI=1S/C18H29N3OS.2ClH/c1-3-19-12-14-8-10-21(11-9-14)18(22)16-13(2)20-17(23-16)15-6-4-5-7-15;;/h14-15,19H,3-12H2,1-2H3;2*1H. The van der Waals surface area contributed by atoms with Crippen molar-refractivity contribution >= 4 is 42.1 Å². The first-order valence-electron chi connectivity index (χ1n) is 9.16. The second kappa shape index (κ2) is 10.7. The molecule has 1 aromatic rings. The number of rotatable bonds is 5. The van der Waals surface area contributed by atoms with Gasteiger partial charge in [-0.05, 0) is 51.6 Å². The van der Waals surface area contributed by atoms with Crippen LogP contribution in [0.25, 0.3) is 0 Å². The number of nitrogens with one attached hydrogen (secondary N) is 1. The molecule has 1 saturated heterocycles. The molecule has 2 aliphatic rings. The molecule has 2 fully saturated rings. The molecule has 3 rings (SSSR count). The van der Waals surface area contributed by atoms with Gasteiger partial charge in [-0.1, -0.05) is 19.8 Å². The summed E-state index contributed by atoms with van der Waals surface area (Å²) in [6.45, 7) is 8.05. The van der Waals surface area contributed by atoms with Crippen LogP contribution in [-0.4, -0.2) is 42.0 Å². The van der Waals surface area contributed by atoms with Gasteiger partial charge in [0.1, 0.15) is 4.88 Å². The number of likely N-dealkylation sites (tertiary alicyclic amines) is 1.